The van der Waals surface area contributed by atoms with Gasteiger partial charge >= 0.3 is 11.9 Å². The van der Waals surface area contributed by atoms with E-state index in [2.05, 4.69) is 10.1 Å². The first-order valence-corrected chi connectivity index (χ1v) is 8.65. The van der Waals surface area contributed by atoms with E-state index < -0.39 is 11.9 Å². The molecule has 0 saturated heterocycles. The molecule has 2 rings (SSSR count). The van der Waals surface area contributed by atoms with Crippen molar-refractivity contribution >= 4 is 46.7 Å². The summed E-state index contributed by atoms with van der Waals surface area (Å²) < 4.78 is 9.36. The molecule has 0 bridgehead atoms. The van der Waals surface area contributed by atoms with Crippen LogP contribution in [0.4, 0.5) is 5.69 Å². The molecule has 0 unspecified atom stereocenters. The summed E-state index contributed by atoms with van der Waals surface area (Å²) in [7, 11) is 2.47. The molecule has 0 aliphatic heterocycles. The van der Waals surface area contributed by atoms with Crippen LogP contribution in [0.5, 0.6) is 0 Å². The first-order valence-electron chi connectivity index (χ1n) is 7.90. The number of carbonyl (C=O) groups is 3. The van der Waals surface area contributed by atoms with Gasteiger partial charge in [0.1, 0.15) is 0 Å². The Bertz CT molecular complexity index is 882. The van der Waals surface area contributed by atoms with E-state index in [-0.39, 0.29) is 29.1 Å². The molecule has 0 aliphatic rings. The zero-order valence-corrected chi connectivity index (χ0v) is 16.2. The minimum Gasteiger partial charge on any atom is -0.465 e. The van der Waals surface area contributed by atoms with Crippen molar-refractivity contribution < 1.29 is 23.9 Å². The maximum Gasteiger partial charge on any atom is 0.339 e. The fraction of sp³-hybridized carbons (Fsp3) is 0.211. The zero-order valence-electron chi connectivity index (χ0n) is 14.7. The van der Waals surface area contributed by atoms with Gasteiger partial charge in [-0.2, -0.15) is 0 Å². The lowest BCUT2D eigenvalue weighted by atomic mass is 10.1. The Kier molecular flexibility index (Phi) is 7.21. The summed E-state index contributed by atoms with van der Waals surface area (Å²) in [5.74, 6) is -1.58. The minimum atomic E-state index is -0.637. The quantitative estimate of drug-likeness (QED) is 0.724. The van der Waals surface area contributed by atoms with Gasteiger partial charge in [-0.3, -0.25) is 4.79 Å². The lowest BCUT2D eigenvalue weighted by molar-refractivity contribution is -0.116. The highest BCUT2D eigenvalue weighted by molar-refractivity contribution is 6.35. The second kappa shape index (κ2) is 9.39. The summed E-state index contributed by atoms with van der Waals surface area (Å²) in [6, 6.07) is 9.22. The van der Waals surface area contributed by atoms with Gasteiger partial charge in [-0.05, 0) is 42.3 Å². The third-order valence-corrected chi connectivity index (χ3v) is 4.34. The lowest BCUT2D eigenvalue weighted by Crippen LogP contribution is -2.17. The molecule has 0 spiro atoms. The van der Waals surface area contributed by atoms with Gasteiger partial charge in [-0.15, -0.1) is 0 Å². The van der Waals surface area contributed by atoms with E-state index in [1.165, 1.54) is 32.4 Å². The smallest absolute Gasteiger partial charge is 0.339 e. The number of ether oxygens (including phenoxy) is 2. The maximum atomic E-state index is 12.3. The van der Waals surface area contributed by atoms with Crippen LogP contribution in [-0.2, 0) is 20.7 Å². The molecular weight excluding hydrogens is 393 g/mol. The Hall–Kier alpha value is -2.57. The van der Waals surface area contributed by atoms with Crippen LogP contribution in [0.3, 0.4) is 0 Å². The average molecular weight is 410 g/mol. The number of methoxy groups -OCH3 is 2. The fourth-order valence-electron chi connectivity index (χ4n) is 2.37. The monoisotopic (exact) mass is 409 g/mol. The van der Waals surface area contributed by atoms with Crippen molar-refractivity contribution in [3.05, 3.63) is 63.1 Å². The molecule has 1 N–H and O–H groups in total. The molecule has 2 aromatic rings. The molecule has 2 aromatic carbocycles. The Labute approximate surface area is 166 Å². The highest BCUT2D eigenvalue weighted by Gasteiger charge is 2.17. The number of hydrogen-bond donors (Lipinski definition) is 1. The number of anilines is 1. The van der Waals surface area contributed by atoms with Gasteiger partial charge in [0, 0.05) is 16.5 Å². The van der Waals surface area contributed by atoms with Crippen molar-refractivity contribution in [1.82, 2.24) is 0 Å². The highest BCUT2D eigenvalue weighted by atomic mass is 35.5. The van der Waals surface area contributed by atoms with Crippen LogP contribution in [0.1, 0.15) is 32.7 Å². The van der Waals surface area contributed by atoms with E-state index in [0.717, 1.165) is 5.56 Å². The van der Waals surface area contributed by atoms with E-state index in [9.17, 15) is 14.4 Å². The van der Waals surface area contributed by atoms with Gasteiger partial charge in [0.25, 0.3) is 0 Å². The van der Waals surface area contributed by atoms with Crippen molar-refractivity contribution in [2.24, 2.45) is 0 Å². The molecule has 0 radical (unpaired) electrons. The number of rotatable bonds is 6. The molecule has 1 amide bonds. The van der Waals surface area contributed by atoms with Crippen molar-refractivity contribution in [2.75, 3.05) is 19.5 Å². The van der Waals surface area contributed by atoms with Crippen molar-refractivity contribution in [3.63, 3.8) is 0 Å². The number of benzene rings is 2. The summed E-state index contributed by atoms with van der Waals surface area (Å²) in [5, 5.41) is 3.61. The van der Waals surface area contributed by atoms with Crippen LogP contribution < -0.4 is 5.32 Å². The Morgan fingerprint density at radius 2 is 1.67 bits per heavy atom. The highest BCUT2D eigenvalue weighted by Crippen LogP contribution is 2.23. The fourth-order valence-corrected chi connectivity index (χ4v) is 2.87. The predicted octanol–water partition coefficient (Wildman–Crippen LogP) is 4.14. The van der Waals surface area contributed by atoms with Crippen molar-refractivity contribution in [3.8, 4) is 0 Å². The van der Waals surface area contributed by atoms with Crippen molar-refractivity contribution in [2.45, 2.75) is 12.8 Å². The van der Waals surface area contributed by atoms with Crippen LogP contribution in [0.2, 0.25) is 10.0 Å². The van der Waals surface area contributed by atoms with Gasteiger partial charge in [-0.1, -0.05) is 29.3 Å². The van der Waals surface area contributed by atoms with Gasteiger partial charge in [-0.25, -0.2) is 9.59 Å². The number of nitrogens with one attached hydrogen (secondary N) is 1. The third-order valence-electron chi connectivity index (χ3n) is 3.76. The van der Waals surface area contributed by atoms with Crippen LogP contribution >= 0.6 is 23.2 Å². The maximum absolute atomic E-state index is 12.3. The predicted molar refractivity (Wildman–Crippen MR) is 103 cm³/mol. The summed E-state index contributed by atoms with van der Waals surface area (Å²) in [6.45, 7) is 0. The lowest BCUT2D eigenvalue weighted by Gasteiger charge is -2.12. The molecule has 0 heterocycles. The molecule has 0 atom stereocenters. The summed E-state index contributed by atoms with van der Waals surface area (Å²) in [4.78, 5) is 35.9. The number of halogens is 2. The van der Waals surface area contributed by atoms with Crippen LogP contribution in [0.15, 0.2) is 36.4 Å². The Morgan fingerprint density at radius 1 is 0.963 bits per heavy atom. The van der Waals surface area contributed by atoms with Crippen LogP contribution in [-0.4, -0.2) is 32.1 Å². The largest absolute Gasteiger partial charge is 0.465 e. The van der Waals surface area contributed by atoms with E-state index in [4.69, 9.17) is 27.9 Å². The van der Waals surface area contributed by atoms with Gasteiger partial charge in [0.15, 0.2) is 0 Å². The van der Waals surface area contributed by atoms with Crippen LogP contribution in [0, 0.1) is 0 Å². The molecule has 8 heteroatoms. The summed E-state index contributed by atoms with van der Waals surface area (Å²) >= 11 is 12.0. The number of esters is 2. The summed E-state index contributed by atoms with van der Waals surface area (Å²) in [6.07, 6.45) is 0.497. The topological polar surface area (TPSA) is 81.7 Å². The number of aryl methyl sites for hydroxylation is 1. The average Bonchev–Trinajstić information content (AvgIpc) is 2.66. The van der Waals surface area contributed by atoms with Crippen molar-refractivity contribution in [1.29, 1.82) is 0 Å². The summed E-state index contributed by atoms with van der Waals surface area (Å²) in [5.41, 5.74) is 1.26. The van der Waals surface area contributed by atoms with E-state index >= 15 is 0 Å². The number of amides is 1. The molecular formula is C19H17Cl2NO5. The second-order valence-electron chi connectivity index (χ2n) is 5.53. The van der Waals surface area contributed by atoms with E-state index in [1.54, 1.807) is 18.2 Å². The number of carbonyl (C=O) groups excluding carboxylic acids is 3. The Morgan fingerprint density at radius 3 is 2.30 bits per heavy atom. The molecule has 6 nitrogen and oxygen atoms in total. The van der Waals surface area contributed by atoms with Gasteiger partial charge < -0.3 is 14.8 Å². The molecule has 0 saturated carbocycles. The standard InChI is InChI=1S/C19H17Cl2NO5/c1-26-18(24)12-4-7-14(19(25)27-2)16(9-12)22-17(23)8-5-11-3-6-13(20)10-15(11)21/h3-4,6-7,9-10H,5,8H2,1-2H3,(H,22,23). The van der Waals surface area contributed by atoms with Gasteiger partial charge in [0.2, 0.25) is 5.91 Å². The van der Waals surface area contributed by atoms with E-state index in [0.29, 0.717) is 16.5 Å². The molecule has 0 aliphatic carbocycles. The zero-order chi connectivity index (χ0) is 20.0. The Balaban J connectivity index is 2.16. The van der Waals surface area contributed by atoms with Crippen LogP contribution in [0.25, 0.3) is 0 Å². The minimum absolute atomic E-state index is 0.115. The normalized spacial score (nSPS) is 10.2. The molecule has 0 fully saturated rings. The van der Waals surface area contributed by atoms with E-state index in [1.807, 2.05) is 0 Å². The molecule has 0 aromatic heterocycles. The van der Waals surface area contributed by atoms with Gasteiger partial charge in [0.05, 0.1) is 31.0 Å². The molecule has 27 heavy (non-hydrogen) atoms. The first-order chi connectivity index (χ1) is 12.8. The SMILES string of the molecule is COC(=O)c1ccc(C(=O)OC)c(NC(=O)CCc2ccc(Cl)cc2Cl)c1. The first kappa shape index (κ1) is 20.7. The molecule has 142 valence electrons. The third kappa shape index (κ3) is 5.45. The number of hydrogen-bond acceptors (Lipinski definition) is 5. The second-order valence-corrected chi connectivity index (χ2v) is 6.37.